The van der Waals surface area contributed by atoms with Gasteiger partial charge in [-0.1, -0.05) is 6.07 Å². The van der Waals surface area contributed by atoms with Gasteiger partial charge in [0.2, 0.25) is 0 Å². The number of sulfonamides is 1. The predicted octanol–water partition coefficient (Wildman–Crippen LogP) is 3.60. The molecule has 0 bridgehead atoms. The van der Waals surface area contributed by atoms with Crippen molar-refractivity contribution in [1.29, 1.82) is 0 Å². The van der Waals surface area contributed by atoms with Crippen LogP contribution in [-0.4, -0.2) is 32.5 Å². The van der Waals surface area contributed by atoms with Crippen LogP contribution >= 0.6 is 0 Å². The minimum atomic E-state index is -3.84. The van der Waals surface area contributed by atoms with Gasteiger partial charge < -0.3 is 14.8 Å². The van der Waals surface area contributed by atoms with Gasteiger partial charge in [0.15, 0.2) is 11.5 Å². The number of nitrogens with one attached hydrogen (secondary N) is 2. The van der Waals surface area contributed by atoms with Crippen molar-refractivity contribution in [3.05, 3.63) is 71.9 Å². The number of hydrogen-bond acceptors (Lipinski definition) is 6. The molecule has 160 valence electrons. The van der Waals surface area contributed by atoms with E-state index >= 15 is 0 Å². The van der Waals surface area contributed by atoms with Crippen LogP contribution < -0.4 is 19.5 Å². The van der Waals surface area contributed by atoms with E-state index in [-0.39, 0.29) is 10.8 Å². The lowest BCUT2D eigenvalue weighted by Crippen LogP contribution is -2.15. The van der Waals surface area contributed by atoms with Crippen molar-refractivity contribution in [2.45, 2.75) is 18.2 Å². The Bertz CT molecular complexity index is 1210. The first-order valence-corrected chi connectivity index (χ1v) is 11.2. The minimum Gasteiger partial charge on any atom is -0.490 e. The third kappa shape index (κ3) is 4.95. The average Bonchev–Trinajstić information content (AvgIpc) is 2.99. The number of anilines is 2. The van der Waals surface area contributed by atoms with Crippen molar-refractivity contribution >= 4 is 27.4 Å². The molecule has 1 aromatic heterocycles. The number of aromatic nitrogens is 1. The number of pyridine rings is 1. The van der Waals surface area contributed by atoms with Gasteiger partial charge in [-0.25, -0.2) is 13.4 Å². The molecule has 2 N–H and O–H groups in total. The highest BCUT2D eigenvalue weighted by molar-refractivity contribution is 7.92. The Morgan fingerprint density at radius 1 is 0.968 bits per heavy atom. The van der Waals surface area contributed by atoms with Crippen LogP contribution in [0.3, 0.4) is 0 Å². The summed E-state index contributed by atoms with van der Waals surface area (Å²) in [5, 5.41) is 2.71. The number of ether oxygens (including phenoxy) is 2. The molecule has 4 rings (SSSR count). The summed E-state index contributed by atoms with van der Waals surface area (Å²) in [6.07, 6.45) is 0.731. The standard InChI is InChI=1S/C22H21N3O5S/c1-15-4-2-5-21(23-15)24-22(26)16-6-8-17(9-7-16)25-31(27,28)18-10-11-19-20(14-18)30-13-3-12-29-19/h2,4-11,14,25H,3,12-13H2,1H3,(H,23,24,26). The average molecular weight is 439 g/mol. The largest absolute Gasteiger partial charge is 0.490 e. The van der Waals surface area contributed by atoms with Gasteiger partial charge in [0.1, 0.15) is 5.82 Å². The first kappa shape index (κ1) is 20.7. The number of fused-ring (bicyclic) bond motifs is 1. The number of carbonyl (C=O) groups excluding carboxylic acids is 1. The molecule has 0 fully saturated rings. The first-order chi connectivity index (χ1) is 14.9. The zero-order chi connectivity index (χ0) is 21.8. The summed E-state index contributed by atoms with van der Waals surface area (Å²) in [7, 11) is -3.84. The molecule has 0 saturated heterocycles. The van der Waals surface area contributed by atoms with Gasteiger partial charge in [-0.15, -0.1) is 0 Å². The van der Waals surface area contributed by atoms with Crippen LogP contribution in [0.25, 0.3) is 0 Å². The molecule has 8 nitrogen and oxygen atoms in total. The van der Waals surface area contributed by atoms with E-state index in [4.69, 9.17) is 9.47 Å². The first-order valence-electron chi connectivity index (χ1n) is 9.68. The number of carbonyl (C=O) groups is 1. The molecule has 0 aliphatic carbocycles. The summed E-state index contributed by atoms with van der Waals surface area (Å²) < 4.78 is 39.2. The van der Waals surface area contributed by atoms with Gasteiger partial charge in [0, 0.05) is 29.4 Å². The monoisotopic (exact) mass is 439 g/mol. The zero-order valence-corrected chi connectivity index (χ0v) is 17.6. The van der Waals surface area contributed by atoms with E-state index in [1.54, 1.807) is 18.2 Å². The molecular formula is C22H21N3O5S. The lowest BCUT2D eigenvalue weighted by atomic mass is 10.2. The quantitative estimate of drug-likeness (QED) is 0.629. The highest BCUT2D eigenvalue weighted by atomic mass is 32.2. The molecule has 0 unspecified atom stereocenters. The second-order valence-corrected chi connectivity index (χ2v) is 8.64. The summed E-state index contributed by atoms with van der Waals surface area (Å²) in [6, 6.07) is 16.0. The molecule has 31 heavy (non-hydrogen) atoms. The van der Waals surface area contributed by atoms with Crippen LogP contribution in [0.1, 0.15) is 22.5 Å². The molecule has 0 spiro atoms. The Hall–Kier alpha value is -3.59. The third-order valence-corrected chi connectivity index (χ3v) is 5.94. The maximum Gasteiger partial charge on any atom is 0.262 e. The van der Waals surface area contributed by atoms with Gasteiger partial charge in [-0.2, -0.15) is 0 Å². The maximum absolute atomic E-state index is 12.8. The fourth-order valence-corrected chi connectivity index (χ4v) is 4.09. The van der Waals surface area contributed by atoms with E-state index in [9.17, 15) is 13.2 Å². The summed E-state index contributed by atoms with van der Waals surface area (Å²) in [5.41, 5.74) is 1.50. The highest BCUT2D eigenvalue weighted by Crippen LogP contribution is 2.32. The van der Waals surface area contributed by atoms with Gasteiger partial charge in [0.05, 0.1) is 18.1 Å². The number of aryl methyl sites for hydroxylation is 1. The number of rotatable bonds is 5. The summed E-state index contributed by atoms with van der Waals surface area (Å²) in [5.74, 6) is 1.03. The molecule has 1 amide bonds. The van der Waals surface area contributed by atoms with Gasteiger partial charge >= 0.3 is 0 Å². The summed E-state index contributed by atoms with van der Waals surface area (Å²) in [6.45, 7) is 2.82. The number of hydrogen-bond donors (Lipinski definition) is 2. The van der Waals surface area contributed by atoms with Crippen LogP contribution in [0.2, 0.25) is 0 Å². The van der Waals surface area contributed by atoms with Crippen LogP contribution in [0.15, 0.2) is 65.6 Å². The van der Waals surface area contributed by atoms with E-state index in [1.165, 1.54) is 36.4 Å². The van der Waals surface area contributed by atoms with Gasteiger partial charge in [-0.05, 0) is 55.5 Å². The van der Waals surface area contributed by atoms with Crippen LogP contribution in [0.5, 0.6) is 11.5 Å². The van der Waals surface area contributed by atoms with E-state index in [2.05, 4.69) is 15.0 Å². The zero-order valence-electron chi connectivity index (χ0n) is 16.8. The SMILES string of the molecule is Cc1cccc(NC(=O)c2ccc(NS(=O)(=O)c3ccc4c(c3)OCCCO4)cc2)n1. The van der Waals surface area contributed by atoms with E-state index in [0.717, 1.165) is 12.1 Å². The lowest BCUT2D eigenvalue weighted by Gasteiger charge is -2.12. The fraction of sp³-hybridized carbons (Fsp3) is 0.182. The van der Waals surface area contributed by atoms with Crippen molar-refractivity contribution in [3.8, 4) is 11.5 Å². The van der Waals surface area contributed by atoms with E-state index in [1.807, 2.05) is 13.0 Å². The number of amides is 1. The van der Waals surface area contributed by atoms with Crippen molar-refractivity contribution in [2.75, 3.05) is 23.3 Å². The highest BCUT2D eigenvalue weighted by Gasteiger charge is 2.19. The van der Waals surface area contributed by atoms with Crippen molar-refractivity contribution in [1.82, 2.24) is 4.98 Å². The molecule has 1 aliphatic rings. The molecule has 2 aromatic carbocycles. The van der Waals surface area contributed by atoms with Gasteiger partial charge in [-0.3, -0.25) is 9.52 Å². The maximum atomic E-state index is 12.8. The van der Waals surface area contributed by atoms with Crippen LogP contribution in [0.4, 0.5) is 11.5 Å². The molecular weight excluding hydrogens is 418 g/mol. The van der Waals surface area contributed by atoms with E-state index < -0.39 is 10.0 Å². The molecule has 1 aliphatic heterocycles. The third-order valence-electron chi connectivity index (χ3n) is 4.56. The van der Waals surface area contributed by atoms with Crippen molar-refractivity contribution < 1.29 is 22.7 Å². The van der Waals surface area contributed by atoms with Crippen LogP contribution in [-0.2, 0) is 10.0 Å². The minimum absolute atomic E-state index is 0.0593. The molecule has 3 aromatic rings. The molecule has 0 atom stereocenters. The van der Waals surface area contributed by atoms with E-state index in [0.29, 0.717) is 41.8 Å². The van der Waals surface area contributed by atoms with Crippen molar-refractivity contribution in [3.63, 3.8) is 0 Å². The predicted molar refractivity (Wildman–Crippen MR) is 116 cm³/mol. The fourth-order valence-electron chi connectivity index (χ4n) is 3.02. The molecule has 9 heteroatoms. The normalized spacial score (nSPS) is 13.2. The molecule has 0 saturated carbocycles. The second-order valence-electron chi connectivity index (χ2n) is 6.96. The smallest absolute Gasteiger partial charge is 0.262 e. The number of nitrogens with zero attached hydrogens (tertiary/aromatic N) is 1. The summed E-state index contributed by atoms with van der Waals surface area (Å²) in [4.78, 5) is 16.7. The lowest BCUT2D eigenvalue weighted by molar-refractivity contribution is 0.102. The van der Waals surface area contributed by atoms with Crippen molar-refractivity contribution in [2.24, 2.45) is 0 Å². The second kappa shape index (κ2) is 8.65. The molecule has 0 radical (unpaired) electrons. The Morgan fingerprint density at radius 2 is 1.71 bits per heavy atom. The number of benzene rings is 2. The Kier molecular flexibility index (Phi) is 5.77. The van der Waals surface area contributed by atoms with Gasteiger partial charge in [0.25, 0.3) is 15.9 Å². The Balaban J connectivity index is 1.47. The summed E-state index contributed by atoms with van der Waals surface area (Å²) >= 11 is 0. The topological polar surface area (TPSA) is 107 Å². The molecule has 2 heterocycles. The Morgan fingerprint density at radius 3 is 2.45 bits per heavy atom. The van der Waals surface area contributed by atoms with Crippen LogP contribution in [0, 0.1) is 6.92 Å². The Labute approximate surface area is 180 Å².